The minimum absolute atomic E-state index is 0.0250. The first-order chi connectivity index (χ1) is 16.0. The van der Waals surface area contributed by atoms with Gasteiger partial charge in [-0.05, 0) is 77.4 Å². The molecule has 0 bridgehead atoms. The van der Waals surface area contributed by atoms with Crippen molar-refractivity contribution in [1.29, 1.82) is 0 Å². The first kappa shape index (κ1) is 28.7. The van der Waals surface area contributed by atoms with Crippen LogP contribution in [-0.4, -0.2) is 50.5 Å². The molecule has 186 valence electrons. The van der Waals surface area contributed by atoms with Gasteiger partial charge in [-0.15, -0.1) is 0 Å². The van der Waals surface area contributed by atoms with Gasteiger partial charge in [0.15, 0.2) is 0 Å². The van der Waals surface area contributed by atoms with Crippen LogP contribution in [-0.2, 0) is 26.2 Å². The summed E-state index contributed by atoms with van der Waals surface area (Å²) in [5.41, 5.74) is 0.963. The van der Waals surface area contributed by atoms with Crippen LogP contribution >= 0.6 is 45.8 Å². The Kier molecular flexibility index (Phi) is 10.9. The van der Waals surface area contributed by atoms with E-state index in [0.29, 0.717) is 34.3 Å². The lowest BCUT2D eigenvalue weighted by molar-refractivity contribution is -0.140. The molecule has 0 heterocycles. The third-order valence-electron chi connectivity index (χ3n) is 5.08. The van der Waals surface area contributed by atoms with E-state index in [9.17, 15) is 18.0 Å². The Morgan fingerprint density at radius 1 is 1.09 bits per heavy atom. The maximum Gasteiger partial charge on any atom is 0.244 e. The van der Waals surface area contributed by atoms with E-state index in [2.05, 4.69) is 27.9 Å². The summed E-state index contributed by atoms with van der Waals surface area (Å²) in [6.07, 6.45) is 2.13. The zero-order valence-electron chi connectivity index (χ0n) is 19.2. The summed E-state index contributed by atoms with van der Waals surface area (Å²) in [6.45, 7) is 3.77. The van der Waals surface area contributed by atoms with Crippen molar-refractivity contribution in [2.75, 3.05) is 23.7 Å². The molecular weight excluding hydrogens is 612 g/mol. The van der Waals surface area contributed by atoms with Crippen LogP contribution < -0.4 is 9.62 Å². The Morgan fingerprint density at radius 2 is 1.74 bits per heavy atom. The zero-order chi connectivity index (χ0) is 25.5. The van der Waals surface area contributed by atoms with Crippen LogP contribution in [0.3, 0.4) is 0 Å². The van der Waals surface area contributed by atoms with Gasteiger partial charge in [-0.1, -0.05) is 43.1 Å². The lowest BCUT2D eigenvalue weighted by Gasteiger charge is -2.33. The Hall–Kier alpha value is -1.56. The molecule has 2 aromatic carbocycles. The number of hydrogen-bond acceptors (Lipinski definition) is 4. The van der Waals surface area contributed by atoms with Gasteiger partial charge < -0.3 is 10.2 Å². The molecule has 1 atom stereocenters. The van der Waals surface area contributed by atoms with E-state index in [4.69, 9.17) is 23.2 Å². The van der Waals surface area contributed by atoms with E-state index in [1.54, 1.807) is 49.4 Å². The molecule has 7 nitrogen and oxygen atoms in total. The molecule has 0 unspecified atom stereocenters. The molecule has 0 spiro atoms. The molecule has 0 saturated heterocycles. The first-order valence-electron chi connectivity index (χ1n) is 10.7. The maximum absolute atomic E-state index is 13.6. The van der Waals surface area contributed by atoms with E-state index >= 15 is 0 Å². The minimum Gasteiger partial charge on any atom is -0.354 e. The van der Waals surface area contributed by atoms with Crippen molar-refractivity contribution in [3.05, 3.63) is 61.6 Å². The maximum atomic E-state index is 13.6. The molecule has 2 amide bonds. The van der Waals surface area contributed by atoms with Crippen molar-refractivity contribution >= 4 is 73.3 Å². The van der Waals surface area contributed by atoms with Crippen molar-refractivity contribution in [2.24, 2.45) is 0 Å². The summed E-state index contributed by atoms with van der Waals surface area (Å²) in [5, 5.41) is 3.63. The number of nitrogens with zero attached hydrogens (tertiary/aromatic N) is 2. The normalized spacial score (nSPS) is 12.2. The second-order valence-corrected chi connectivity index (χ2v) is 11.7. The van der Waals surface area contributed by atoms with Gasteiger partial charge in [0, 0.05) is 26.7 Å². The molecule has 0 aliphatic carbocycles. The number of anilines is 1. The van der Waals surface area contributed by atoms with Crippen molar-refractivity contribution < 1.29 is 18.0 Å². The standard InChI is InChI=1S/C23H28Cl2IN3O4S/c1-4-12-27-23(31)21(5-2)28(14-16-6-7-17(24)13-20(16)25)22(30)15-29(34(3,32)33)19-10-8-18(26)9-11-19/h6-11,13,21H,4-5,12,14-15H2,1-3H3,(H,27,31)/t21-/m1/s1. The molecule has 1 N–H and O–H groups in total. The van der Waals surface area contributed by atoms with Gasteiger partial charge in [0.2, 0.25) is 21.8 Å². The molecule has 2 aromatic rings. The predicted molar refractivity (Wildman–Crippen MR) is 146 cm³/mol. The number of carbonyl (C=O) groups is 2. The highest BCUT2D eigenvalue weighted by molar-refractivity contribution is 14.1. The largest absolute Gasteiger partial charge is 0.354 e. The van der Waals surface area contributed by atoms with Gasteiger partial charge in [-0.2, -0.15) is 0 Å². The number of hydrogen-bond donors (Lipinski definition) is 1. The number of rotatable bonds is 11. The quantitative estimate of drug-likeness (QED) is 0.361. The van der Waals surface area contributed by atoms with Gasteiger partial charge in [0.05, 0.1) is 11.9 Å². The van der Waals surface area contributed by atoms with E-state index in [1.807, 2.05) is 6.92 Å². The minimum atomic E-state index is -3.77. The second-order valence-electron chi connectivity index (χ2n) is 7.72. The van der Waals surface area contributed by atoms with Gasteiger partial charge in [-0.3, -0.25) is 13.9 Å². The number of halogens is 3. The van der Waals surface area contributed by atoms with Crippen molar-refractivity contribution in [3.8, 4) is 0 Å². The third kappa shape index (κ3) is 8.00. The second kappa shape index (κ2) is 12.9. The summed E-state index contributed by atoms with van der Waals surface area (Å²) in [6, 6.07) is 10.9. The number of benzene rings is 2. The fourth-order valence-electron chi connectivity index (χ4n) is 3.34. The van der Waals surface area contributed by atoms with Gasteiger partial charge in [0.25, 0.3) is 0 Å². The lowest BCUT2D eigenvalue weighted by Crippen LogP contribution is -2.52. The van der Waals surface area contributed by atoms with Crippen LogP contribution in [0.2, 0.25) is 10.0 Å². The number of carbonyl (C=O) groups excluding carboxylic acids is 2. The first-order valence-corrected chi connectivity index (χ1v) is 14.4. The van der Waals surface area contributed by atoms with Crippen LogP contribution in [0, 0.1) is 3.57 Å². The number of amides is 2. The van der Waals surface area contributed by atoms with E-state index in [1.165, 1.54) is 4.90 Å². The molecule has 0 radical (unpaired) electrons. The molecule has 0 fully saturated rings. The monoisotopic (exact) mass is 639 g/mol. The van der Waals surface area contributed by atoms with E-state index in [-0.39, 0.29) is 12.5 Å². The number of sulfonamides is 1. The molecule has 34 heavy (non-hydrogen) atoms. The van der Waals surface area contributed by atoms with Crippen molar-refractivity contribution in [1.82, 2.24) is 10.2 Å². The summed E-state index contributed by atoms with van der Waals surface area (Å²) in [5.74, 6) is -0.823. The topological polar surface area (TPSA) is 86.8 Å². The molecule has 0 saturated carbocycles. The highest BCUT2D eigenvalue weighted by atomic mass is 127. The molecule has 0 aliphatic heterocycles. The Balaban J connectivity index is 2.44. The third-order valence-corrected chi connectivity index (χ3v) is 7.53. The molecule has 2 rings (SSSR count). The van der Waals surface area contributed by atoms with E-state index < -0.39 is 28.5 Å². The van der Waals surface area contributed by atoms with Crippen molar-refractivity contribution in [3.63, 3.8) is 0 Å². The van der Waals surface area contributed by atoms with Crippen LogP contribution in [0.15, 0.2) is 42.5 Å². The Labute approximate surface area is 225 Å². The average molecular weight is 640 g/mol. The van der Waals surface area contributed by atoms with Crippen LogP contribution in [0.5, 0.6) is 0 Å². The Morgan fingerprint density at radius 3 is 2.26 bits per heavy atom. The van der Waals surface area contributed by atoms with Gasteiger partial charge in [-0.25, -0.2) is 8.42 Å². The summed E-state index contributed by atoms with van der Waals surface area (Å²) in [4.78, 5) is 27.9. The molecule has 0 aliphatic rings. The Bertz CT molecular complexity index is 1110. The zero-order valence-corrected chi connectivity index (χ0v) is 23.7. The highest BCUT2D eigenvalue weighted by Gasteiger charge is 2.32. The van der Waals surface area contributed by atoms with Crippen LogP contribution in [0.25, 0.3) is 0 Å². The summed E-state index contributed by atoms with van der Waals surface area (Å²) < 4.78 is 27.1. The smallest absolute Gasteiger partial charge is 0.244 e. The average Bonchev–Trinajstić information content (AvgIpc) is 2.77. The summed E-state index contributed by atoms with van der Waals surface area (Å²) in [7, 11) is -3.77. The predicted octanol–water partition coefficient (Wildman–Crippen LogP) is 4.70. The van der Waals surface area contributed by atoms with Gasteiger partial charge in [0.1, 0.15) is 12.6 Å². The summed E-state index contributed by atoms with van der Waals surface area (Å²) >= 11 is 14.5. The van der Waals surface area contributed by atoms with Crippen LogP contribution in [0.4, 0.5) is 5.69 Å². The molecule has 11 heteroatoms. The molecular formula is C23H28Cl2IN3O4S. The fraction of sp³-hybridized carbons (Fsp3) is 0.391. The fourth-order valence-corrected chi connectivity index (χ4v) is 5.02. The van der Waals surface area contributed by atoms with E-state index in [0.717, 1.165) is 20.6 Å². The molecule has 0 aromatic heterocycles. The van der Waals surface area contributed by atoms with Crippen LogP contribution in [0.1, 0.15) is 32.3 Å². The SMILES string of the molecule is CCCNC(=O)[C@@H](CC)N(Cc1ccc(Cl)cc1Cl)C(=O)CN(c1ccc(I)cc1)S(C)(=O)=O. The van der Waals surface area contributed by atoms with Crippen molar-refractivity contribution in [2.45, 2.75) is 39.3 Å². The lowest BCUT2D eigenvalue weighted by atomic mass is 10.1. The highest BCUT2D eigenvalue weighted by Crippen LogP contribution is 2.25. The number of nitrogens with one attached hydrogen (secondary N) is 1. The van der Waals surface area contributed by atoms with Gasteiger partial charge >= 0.3 is 0 Å².